The minimum atomic E-state index is -2.73. The van der Waals surface area contributed by atoms with Crippen LogP contribution in [-0.4, -0.2) is 101 Å². The zero-order chi connectivity index (χ0) is 29.8. The van der Waals surface area contributed by atoms with Crippen molar-refractivity contribution in [2.24, 2.45) is 23.5 Å². The van der Waals surface area contributed by atoms with Crippen LogP contribution < -0.4 is 10.6 Å². The summed E-state index contributed by atoms with van der Waals surface area (Å²) in [6, 6.07) is 0.670. The summed E-state index contributed by atoms with van der Waals surface area (Å²) < 4.78 is 4.89. The average molecular weight is 558 g/mol. The molecule has 2 fully saturated rings. The highest BCUT2D eigenvalue weighted by Crippen LogP contribution is 2.53. The molecule has 6 N–H and O–H groups in total. The lowest BCUT2D eigenvalue weighted by Gasteiger charge is -2.53. The van der Waals surface area contributed by atoms with Gasteiger partial charge < -0.3 is 40.7 Å². The molecule has 12 heteroatoms. The maximum absolute atomic E-state index is 14.0. The molecule has 0 bridgehead atoms. The van der Waals surface area contributed by atoms with Gasteiger partial charge in [-0.15, -0.1) is 0 Å². The zero-order valence-electron chi connectivity index (χ0n) is 23.0. The molecule has 12 nitrogen and oxygen atoms in total. The molecule has 0 radical (unpaired) electrons. The number of carbonyl (C=O) groups is 4. The van der Waals surface area contributed by atoms with E-state index in [9.17, 15) is 39.6 Å². The van der Waals surface area contributed by atoms with Gasteiger partial charge in [-0.2, -0.15) is 0 Å². The summed E-state index contributed by atoms with van der Waals surface area (Å²) in [5.74, 6) is -8.73. The first kappa shape index (κ1) is 29.2. The summed E-state index contributed by atoms with van der Waals surface area (Å²) in [5, 5.41) is 45.4. The Morgan fingerprint density at radius 2 is 1.85 bits per heavy atom. The van der Waals surface area contributed by atoms with Crippen molar-refractivity contribution < 1.29 is 44.3 Å². The van der Waals surface area contributed by atoms with E-state index in [-0.39, 0.29) is 36.1 Å². The van der Waals surface area contributed by atoms with Gasteiger partial charge in [0.25, 0.3) is 0 Å². The Balaban J connectivity index is 1.92. The monoisotopic (exact) mass is 557 g/mol. The SMILES string of the molecule is CCOC(=O)/C=C/c1cc(N(C)C)c2c(c1O)C(O)=C1C(=O)[C@@]3(O)C(=O)C(C(N)=O)C(O)[C@H](N(C)C)[C@H]3C[C@H]1C2. The number of aliphatic hydroxyl groups excluding tert-OH is 2. The number of anilines is 1. The van der Waals surface area contributed by atoms with Crippen LogP contribution in [0.1, 0.15) is 30.0 Å². The first-order valence-electron chi connectivity index (χ1n) is 13.0. The highest BCUT2D eigenvalue weighted by molar-refractivity contribution is 6.25. The van der Waals surface area contributed by atoms with Gasteiger partial charge in [0, 0.05) is 49.0 Å². The van der Waals surface area contributed by atoms with Gasteiger partial charge in [-0.1, -0.05) is 0 Å². The molecule has 0 spiro atoms. The molecule has 4 rings (SSSR count). The smallest absolute Gasteiger partial charge is 0.330 e. The Morgan fingerprint density at radius 1 is 1.20 bits per heavy atom. The van der Waals surface area contributed by atoms with Crippen molar-refractivity contribution >= 4 is 41.0 Å². The number of ether oxygens (including phenoxy) is 1. The number of nitrogens with zero attached hydrogens (tertiary/aromatic N) is 2. The number of phenols is 1. The van der Waals surface area contributed by atoms with Crippen LogP contribution in [-0.2, 0) is 30.3 Å². The summed E-state index contributed by atoms with van der Waals surface area (Å²) in [6.07, 6.45) is 1.08. The van der Waals surface area contributed by atoms with Crippen LogP contribution in [0.5, 0.6) is 5.75 Å². The number of aliphatic hydroxyl groups is 3. The Labute approximate surface area is 231 Å². The molecule has 0 aliphatic heterocycles. The predicted octanol–water partition coefficient (Wildman–Crippen LogP) is -0.229. The number of hydrogen-bond acceptors (Lipinski definition) is 11. The van der Waals surface area contributed by atoms with Gasteiger partial charge in [0.2, 0.25) is 11.7 Å². The highest BCUT2D eigenvalue weighted by Gasteiger charge is 2.67. The molecule has 0 saturated heterocycles. The number of Topliss-reactive ketones (excluding diaryl/α,β-unsaturated/α-hetero) is 2. The number of amides is 1. The molecule has 1 aromatic carbocycles. The van der Waals surface area contributed by atoms with Crippen molar-refractivity contribution in [3.05, 3.63) is 34.4 Å². The average Bonchev–Trinajstić information content (AvgIpc) is 2.85. The van der Waals surface area contributed by atoms with E-state index >= 15 is 0 Å². The molecular formula is C28H35N3O9. The lowest BCUT2D eigenvalue weighted by Crippen LogP contribution is -2.73. The summed E-state index contributed by atoms with van der Waals surface area (Å²) in [6.45, 7) is 1.81. The number of hydrogen-bond donors (Lipinski definition) is 5. The molecule has 3 aliphatic rings. The number of esters is 1. The van der Waals surface area contributed by atoms with Crippen molar-refractivity contribution in [1.29, 1.82) is 0 Å². The molecule has 0 heterocycles. The first-order chi connectivity index (χ1) is 18.7. The van der Waals surface area contributed by atoms with Crippen molar-refractivity contribution in [2.45, 2.75) is 37.5 Å². The number of benzene rings is 1. The fourth-order valence-corrected chi connectivity index (χ4v) is 6.55. The van der Waals surface area contributed by atoms with Gasteiger partial charge in [0.05, 0.1) is 18.3 Å². The Bertz CT molecular complexity index is 1350. The van der Waals surface area contributed by atoms with Gasteiger partial charge in [-0.3, -0.25) is 14.4 Å². The van der Waals surface area contributed by atoms with Crippen molar-refractivity contribution in [3.63, 3.8) is 0 Å². The molecule has 6 atom stereocenters. The summed E-state index contributed by atoms with van der Waals surface area (Å²) in [5.41, 5.74) is 3.67. The second kappa shape index (κ2) is 10.3. The molecule has 1 aromatic rings. The van der Waals surface area contributed by atoms with E-state index in [1.54, 1.807) is 51.0 Å². The fraction of sp³-hybridized carbons (Fsp3) is 0.500. The second-order valence-electron chi connectivity index (χ2n) is 11.0. The van der Waals surface area contributed by atoms with Crippen LogP contribution in [0, 0.1) is 17.8 Å². The van der Waals surface area contributed by atoms with Gasteiger partial charge in [-0.25, -0.2) is 4.79 Å². The van der Waals surface area contributed by atoms with E-state index in [4.69, 9.17) is 10.5 Å². The third kappa shape index (κ3) is 4.27. The number of carbonyl (C=O) groups excluding carboxylic acids is 4. The molecule has 1 amide bonds. The standard InChI is InChI=1S/C28H35N3O9/c1-6-40-17(32)8-7-12-11-16(30(2)3)14-9-13-10-15-21(31(4)5)24(35)20(27(29)38)26(37)28(15,39)25(36)18(13)23(34)19(14)22(12)33/h7-8,11,13,15,20-21,24,33-35,39H,6,9-10H2,1-5H3,(H2,29,38)/b8-7+/t13-,15-,20?,21-,24?,28-/m1/s1. The summed E-state index contributed by atoms with van der Waals surface area (Å²) in [4.78, 5) is 54.8. The Kier molecular flexibility index (Phi) is 7.56. The van der Waals surface area contributed by atoms with E-state index in [2.05, 4.69) is 0 Å². The quantitative estimate of drug-likeness (QED) is 0.176. The molecule has 40 heavy (non-hydrogen) atoms. The molecule has 2 saturated carbocycles. The van der Waals surface area contributed by atoms with Gasteiger partial charge in [0.15, 0.2) is 11.4 Å². The van der Waals surface area contributed by atoms with Gasteiger partial charge >= 0.3 is 5.97 Å². The van der Waals surface area contributed by atoms with Crippen LogP contribution in [0.3, 0.4) is 0 Å². The van der Waals surface area contributed by atoms with Crippen LogP contribution in [0.2, 0.25) is 0 Å². The third-order valence-electron chi connectivity index (χ3n) is 8.26. The molecule has 216 valence electrons. The number of nitrogens with two attached hydrogens (primary N) is 1. The Morgan fingerprint density at radius 3 is 2.40 bits per heavy atom. The van der Waals surface area contributed by atoms with E-state index in [0.29, 0.717) is 11.3 Å². The highest BCUT2D eigenvalue weighted by atomic mass is 16.5. The van der Waals surface area contributed by atoms with Crippen molar-refractivity contribution in [1.82, 2.24) is 4.90 Å². The molecule has 2 unspecified atom stereocenters. The lowest BCUT2D eigenvalue weighted by atomic mass is 9.54. The maximum atomic E-state index is 14.0. The van der Waals surface area contributed by atoms with Crippen LogP contribution in [0.4, 0.5) is 5.69 Å². The van der Waals surface area contributed by atoms with Gasteiger partial charge in [-0.05, 0) is 57.5 Å². The minimum absolute atomic E-state index is 0.0242. The van der Waals surface area contributed by atoms with Crippen LogP contribution in [0.25, 0.3) is 11.8 Å². The zero-order valence-corrected chi connectivity index (χ0v) is 23.0. The third-order valence-corrected chi connectivity index (χ3v) is 8.26. The summed E-state index contributed by atoms with van der Waals surface area (Å²) in [7, 11) is 6.71. The van der Waals surface area contributed by atoms with Crippen molar-refractivity contribution in [3.8, 4) is 5.75 Å². The number of rotatable bonds is 6. The topological polar surface area (TPSA) is 191 Å². The minimum Gasteiger partial charge on any atom is -0.507 e. The number of phenolic OH excluding ortho intramolecular Hbond substituents is 1. The van der Waals surface area contributed by atoms with E-state index in [1.807, 2.05) is 0 Å². The van der Waals surface area contributed by atoms with Crippen molar-refractivity contribution in [2.75, 3.05) is 39.7 Å². The normalized spacial score (nSPS) is 29.8. The Hall–Kier alpha value is -3.74. The van der Waals surface area contributed by atoms with Crippen LogP contribution >= 0.6 is 0 Å². The lowest BCUT2D eigenvalue weighted by molar-refractivity contribution is -0.184. The predicted molar refractivity (Wildman–Crippen MR) is 144 cm³/mol. The number of ketones is 2. The molecule has 3 aliphatic carbocycles. The van der Waals surface area contributed by atoms with E-state index in [1.165, 1.54) is 6.08 Å². The largest absolute Gasteiger partial charge is 0.507 e. The fourth-order valence-electron chi connectivity index (χ4n) is 6.55. The number of primary amides is 1. The summed E-state index contributed by atoms with van der Waals surface area (Å²) >= 11 is 0. The second-order valence-corrected chi connectivity index (χ2v) is 11.0. The first-order valence-corrected chi connectivity index (χ1v) is 13.0. The maximum Gasteiger partial charge on any atom is 0.330 e. The molecular weight excluding hydrogens is 522 g/mol. The van der Waals surface area contributed by atoms with E-state index < -0.39 is 70.5 Å². The number of likely N-dealkylation sites (N-methyl/N-ethyl adjacent to an activating group) is 1. The number of aromatic hydroxyl groups is 1. The van der Waals surface area contributed by atoms with Gasteiger partial charge in [0.1, 0.15) is 17.4 Å². The molecule has 0 aromatic heterocycles. The number of fused-ring (bicyclic) bond motifs is 3. The van der Waals surface area contributed by atoms with Crippen LogP contribution in [0.15, 0.2) is 17.7 Å². The van der Waals surface area contributed by atoms with E-state index in [0.717, 1.165) is 6.08 Å².